The van der Waals surface area contributed by atoms with E-state index in [1.165, 1.54) is 0 Å². The van der Waals surface area contributed by atoms with Crippen molar-refractivity contribution in [3.63, 3.8) is 0 Å². The van der Waals surface area contributed by atoms with Crippen LogP contribution in [0, 0.1) is 11.8 Å². The van der Waals surface area contributed by atoms with Crippen LogP contribution in [-0.4, -0.2) is 32.6 Å². The Kier molecular flexibility index (Phi) is 6.27. The van der Waals surface area contributed by atoms with Gasteiger partial charge in [-0.2, -0.15) is 13.2 Å². The lowest BCUT2D eigenvalue weighted by atomic mass is 9.74. The van der Waals surface area contributed by atoms with Gasteiger partial charge in [-0.1, -0.05) is 12.8 Å². The molecule has 0 amide bonds. The first-order chi connectivity index (χ1) is 9.15. The lowest BCUT2D eigenvalue weighted by Crippen LogP contribution is -2.48. The maximum absolute atomic E-state index is 13.0. The fourth-order valence-corrected chi connectivity index (χ4v) is 3.73. The summed E-state index contributed by atoms with van der Waals surface area (Å²) in [4.78, 5) is 0. The summed E-state index contributed by atoms with van der Waals surface area (Å²) in [6.07, 6.45) is -0.442. The summed E-state index contributed by atoms with van der Waals surface area (Å²) >= 11 is 0. The summed E-state index contributed by atoms with van der Waals surface area (Å²) in [5, 5.41) is 0. The van der Waals surface area contributed by atoms with Crippen molar-refractivity contribution < 1.29 is 21.6 Å². The zero-order chi connectivity index (χ0) is 15.4. The van der Waals surface area contributed by atoms with E-state index in [0.717, 1.165) is 12.7 Å². The molecule has 0 bridgehead atoms. The number of alkyl halides is 3. The fraction of sp³-hybridized carbons (Fsp3) is 1.00. The van der Waals surface area contributed by atoms with Gasteiger partial charge in [0.25, 0.3) is 0 Å². The first-order valence-corrected chi connectivity index (χ1v) is 8.92. The average molecular weight is 316 g/mol. The molecule has 20 heavy (non-hydrogen) atoms. The molecule has 0 aliphatic heterocycles. The molecule has 1 fully saturated rings. The van der Waals surface area contributed by atoms with Crippen LogP contribution < -0.4 is 11.3 Å². The van der Waals surface area contributed by atoms with E-state index in [9.17, 15) is 21.6 Å². The highest BCUT2D eigenvalue weighted by Crippen LogP contribution is 2.43. The molecule has 0 spiro atoms. The highest BCUT2D eigenvalue weighted by atomic mass is 32.2. The van der Waals surface area contributed by atoms with E-state index in [1.54, 1.807) is 0 Å². The third-order valence-electron chi connectivity index (χ3n) is 4.00. The Morgan fingerprint density at radius 1 is 1.30 bits per heavy atom. The number of hydrazine groups is 1. The lowest BCUT2D eigenvalue weighted by Gasteiger charge is -2.37. The van der Waals surface area contributed by atoms with Gasteiger partial charge in [0.05, 0.1) is 5.92 Å². The topological polar surface area (TPSA) is 72.2 Å². The second-order valence-corrected chi connectivity index (χ2v) is 7.90. The Hall–Kier alpha value is -0.340. The normalized spacial score (nSPS) is 26.4. The third kappa shape index (κ3) is 5.57. The summed E-state index contributed by atoms with van der Waals surface area (Å²) in [6, 6.07) is -0.483. The molecule has 1 saturated carbocycles. The number of sulfone groups is 1. The van der Waals surface area contributed by atoms with Gasteiger partial charge < -0.3 is 0 Å². The fourth-order valence-electron chi connectivity index (χ4n) is 3.03. The summed E-state index contributed by atoms with van der Waals surface area (Å²) < 4.78 is 61.2. The van der Waals surface area contributed by atoms with Gasteiger partial charge in [-0.15, -0.1) is 0 Å². The molecule has 3 N–H and O–H groups in total. The highest BCUT2D eigenvalue weighted by molar-refractivity contribution is 7.90. The SMILES string of the molecule is CS(=O)(=O)CCCC(NN)C1CCCCC1C(F)(F)F. The molecule has 0 saturated heterocycles. The maximum atomic E-state index is 13.0. The van der Waals surface area contributed by atoms with Gasteiger partial charge in [-0.05, 0) is 31.6 Å². The van der Waals surface area contributed by atoms with E-state index in [-0.39, 0.29) is 12.2 Å². The minimum Gasteiger partial charge on any atom is -0.271 e. The monoisotopic (exact) mass is 316 g/mol. The van der Waals surface area contributed by atoms with Gasteiger partial charge in [0, 0.05) is 18.1 Å². The Labute approximate surface area is 118 Å². The Bertz CT molecular complexity index is 398. The number of rotatable bonds is 6. The standard InChI is InChI=1S/C12H23F3N2O2S/c1-20(18,19)8-4-7-11(17-16)9-5-2-3-6-10(9)12(13,14)15/h9-11,17H,2-8,16H2,1H3. The van der Waals surface area contributed by atoms with Crippen LogP contribution >= 0.6 is 0 Å². The molecule has 4 nitrogen and oxygen atoms in total. The van der Waals surface area contributed by atoms with Crippen molar-refractivity contribution in [1.29, 1.82) is 0 Å². The zero-order valence-electron chi connectivity index (χ0n) is 11.6. The van der Waals surface area contributed by atoms with Crippen LogP contribution in [0.5, 0.6) is 0 Å². The Morgan fingerprint density at radius 2 is 1.90 bits per heavy atom. The van der Waals surface area contributed by atoms with Gasteiger partial charge >= 0.3 is 6.18 Å². The molecule has 0 aromatic carbocycles. The lowest BCUT2D eigenvalue weighted by molar-refractivity contribution is -0.199. The van der Waals surface area contributed by atoms with E-state index in [0.29, 0.717) is 25.7 Å². The van der Waals surface area contributed by atoms with Crippen molar-refractivity contribution in [3.05, 3.63) is 0 Å². The number of hydrogen-bond acceptors (Lipinski definition) is 4. The number of nitrogens with two attached hydrogens (primary N) is 1. The van der Waals surface area contributed by atoms with Gasteiger partial charge in [-0.3, -0.25) is 11.3 Å². The quantitative estimate of drug-likeness (QED) is 0.581. The predicted octanol–water partition coefficient (Wildman–Crippen LogP) is 2.01. The van der Waals surface area contributed by atoms with E-state index in [4.69, 9.17) is 5.84 Å². The van der Waals surface area contributed by atoms with Crippen molar-refractivity contribution in [3.8, 4) is 0 Å². The molecule has 0 aromatic heterocycles. The second-order valence-electron chi connectivity index (χ2n) is 5.64. The van der Waals surface area contributed by atoms with Crippen molar-refractivity contribution in [2.75, 3.05) is 12.0 Å². The molecule has 1 aliphatic rings. The molecule has 0 radical (unpaired) electrons. The third-order valence-corrected chi connectivity index (χ3v) is 5.03. The Morgan fingerprint density at radius 3 is 2.40 bits per heavy atom. The smallest absolute Gasteiger partial charge is 0.271 e. The molecule has 3 atom stereocenters. The molecule has 0 aromatic rings. The molecule has 120 valence electrons. The number of halogens is 3. The van der Waals surface area contributed by atoms with Crippen LogP contribution in [0.15, 0.2) is 0 Å². The minimum absolute atomic E-state index is 0.0193. The molecular weight excluding hydrogens is 293 g/mol. The predicted molar refractivity (Wildman–Crippen MR) is 71.6 cm³/mol. The second kappa shape index (κ2) is 7.09. The van der Waals surface area contributed by atoms with Gasteiger partial charge in [-0.25, -0.2) is 8.42 Å². The van der Waals surface area contributed by atoms with Crippen LogP contribution in [0.1, 0.15) is 38.5 Å². The van der Waals surface area contributed by atoms with Gasteiger partial charge in [0.2, 0.25) is 0 Å². The summed E-state index contributed by atoms with van der Waals surface area (Å²) in [5.74, 6) is 3.47. The molecule has 8 heteroatoms. The molecule has 0 heterocycles. The molecule has 1 aliphatic carbocycles. The van der Waals surface area contributed by atoms with Crippen LogP contribution in [0.4, 0.5) is 13.2 Å². The van der Waals surface area contributed by atoms with Crippen molar-refractivity contribution >= 4 is 9.84 Å². The zero-order valence-corrected chi connectivity index (χ0v) is 12.4. The first kappa shape index (κ1) is 17.7. The van der Waals surface area contributed by atoms with E-state index in [1.807, 2.05) is 0 Å². The summed E-state index contributed by atoms with van der Waals surface area (Å²) in [7, 11) is -3.09. The number of nitrogens with one attached hydrogen (secondary N) is 1. The van der Waals surface area contributed by atoms with E-state index < -0.39 is 33.9 Å². The van der Waals surface area contributed by atoms with Crippen molar-refractivity contribution in [2.45, 2.75) is 50.7 Å². The summed E-state index contributed by atoms with van der Waals surface area (Å²) in [5.41, 5.74) is 2.47. The minimum atomic E-state index is -4.21. The molecule has 1 rings (SSSR count). The molecular formula is C12H23F3N2O2S. The van der Waals surface area contributed by atoms with Crippen LogP contribution in [0.25, 0.3) is 0 Å². The first-order valence-electron chi connectivity index (χ1n) is 6.85. The van der Waals surface area contributed by atoms with E-state index in [2.05, 4.69) is 5.43 Å². The van der Waals surface area contributed by atoms with Crippen molar-refractivity contribution in [2.24, 2.45) is 17.7 Å². The van der Waals surface area contributed by atoms with Crippen LogP contribution in [0.2, 0.25) is 0 Å². The van der Waals surface area contributed by atoms with Gasteiger partial charge in [0.1, 0.15) is 9.84 Å². The largest absolute Gasteiger partial charge is 0.392 e. The average Bonchev–Trinajstić information content (AvgIpc) is 2.32. The van der Waals surface area contributed by atoms with Crippen molar-refractivity contribution in [1.82, 2.24) is 5.43 Å². The summed E-state index contributed by atoms with van der Waals surface area (Å²) in [6.45, 7) is 0. The van der Waals surface area contributed by atoms with Gasteiger partial charge in [0.15, 0.2) is 0 Å². The van der Waals surface area contributed by atoms with Crippen LogP contribution in [-0.2, 0) is 9.84 Å². The number of hydrogen-bond donors (Lipinski definition) is 2. The highest BCUT2D eigenvalue weighted by Gasteiger charge is 2.47. The Balaban J connectivity index is 2.65. The maximum Gasteiger partial charge on any atom is 0.392 e. The van der Waals surface area contributed by atoms with E-state index >= 15 is 0 Å². The molecule has 3 unspecified atom stereocenters. The van der Waals surface area contributed by atoms with Crippen LogP contribution in [0.3, 0.4) is 0 Å².